The van der Waals surface area contributed by atoms with E-state index in [2.05, 4.69) is 20.9 Å². The summed E-state index contributed by atoms with van der Waals surface area (Å²) in [6.45, 7) is 1.49. The van der Waals surface area contributed by atoms with Crippen molar-refractivity contribution in [3.8, 4) is 0 Å². The van der Waals surface area contributed by atoms with Crippen molar-refractivity contribution in [2.24, 2.45) is 5.92 Å². The summed E-state index contributed by atoms with van der Waals surface area (Å²) in [6, 6.07) is 5.79. The standard InChI is InChI=1S/C11H13BrN2O/c12-6-9-5-11(15)14(7-9)8-10-3-1-2-4-13-10/h1-4,9H,5-8H2. The van der Waals surface area contributed by atoms with Crippen LogP contribution < -0.4 is 0 Å². The number of aromatic nitrogens is 1. The van der Waals surface area contributed by atoms with E-state index in [0.717, 1.165) is 17.6 Å². The highest BCUT2D eigenvalue weighted by molar-refractivity contribution is 9.09. The molecule has 0 spiro atoms. The molecule has 80 valence electrons. The fourth-order valence-corrected chi connectivity index (χ4v) is 2.23. The van der Waals surface area contributed by atoms with E-state index < -0.39 is 0 Å². The van der Waals surface area contributed by atoms with Crippen LogP contribution in [0.4, 0.5) is 0 Å². The number of carbonyl (C=O) groups excluding carboxylic acids is 1. The first-order valence-corrected chi connectivity index (χ1v) is 6.15. The van der Waals surface area contributed by atoms with E-state index in [1.807, 2.05) is 23.1 Å². The van der Waals surface area contributed by atoms with E-state index in [1.165, 1.54) is 0 Å². The van der Waals surface area contributed by atoms with Crippen LogP contribution in [0.5, 0.6) is 0 Å². The van der Waals surface area contributed by atoms with E-state index in [9.17, 15) is 4.79 Å². The number of pyridine rings is 1. The van der Waals surface area contributed by atoms with Gasteiger partial charge in [-0.2, -0.15) is 0 Å². The fourth-order valence-electron chi connectivity index (χ4n) is 1.80. The number of halogens is 1. The highest BCUT2D eigenvalue weighted by Crippen LogP contribution is 2.20. The monoisotopic (exact) mass is 268 g/mol. The Bertz CT molecular complexity index is 342. The van der Waals surface area contributed by atoms with Crippen molar-refractivity contribution in [3.63, 3.8) is 0 Å². The molecule has 0 bridgehead atoms. The number of hydrogen-bond acceptors (Lipinski definition) is 2. The van der Waals surface area contributed by atoms with Gasteiger partial charge in [-0.3, -0.25) is 9.78 Å². The lowest BCUT2D eigenvalue weighted by molar-refractivity contribution is -0.128. The Hall–Kier alpha value is -0.900. The summed E-state index contributed by atoms with van der Waals surface area (Å²) in [5, 5.41) is 0.900. The van der Waals surface area contributed by atoms with Crippen LogP contribution in [0.1, 0.15) is 12.1 Å². The van der Waals surface area contributed by atoms with Gasteiger partial charge in [-0.25, -0.2) is 0 Å². The van der Waals surface area contributed by atoms with Crippen LogP contribution in [0.2, 0.25) is 0 Å². The molecule has 1 saturated heterocycles. The lowest BCUT2D eigenvalue weighted by Crippen LogP contribution is -2.25. The molecule has 1 aromatic rings. The van der Waals surface area contributed by atoms with Crippen LogP contribution in [0.3, 0.4) is 0 Å². The fraction of sp³-hybridized carbons (Fsp3) is 0.455. The van der Waals surface area contributed by atoms with Gasteiger partial charge >= 0.3 is 0 Å². The zero-order chi connectivity index (χ0) is 10.7. The van der Waals surface area contributed by atoms with E-state index >= 15 is 0 Å². The third-order valence-electron chi connectivity index (χ3n) is 2.59. The molecule has 1 aliphatic rings. The van der Waals surface area contributed by atoms with Crippen LogP contribution in [0, 0.1) is 5.92 Å². The molecule has 0 N–H and O–H groups in total. The molecule has 0 saturated carbocycles. The lowest BCUT2D eigenvalue weighted by atomic mass is 10.2. The minimum atomic E-state index is 0.241. The molecule has 0 aromatic carbocycles. The number of likely N-dealkylation sites (tertiary alicyclic amines) is 1. The summed E-state index contributed by atoms with van der Waals surface area (Å²) >= 11 is 3.42. The Kier molecular flexibility index (Phi) is 3.36. The number of carbonyl (C=O) groups is 1. The first-order valence-electron chi connectivity index (χ1n) is 5.03. The predicted molar refractivity (Wildman–Crippen MR) is 61.6 cm³/mol. The first kappa shape index (κ1) is 10.6. The van der Waals surface area contributed by atoms with Crippen LogP contribution >= 0.6 is 15.9 Å². The second kappa shape index (κ2) is 4.75. The Morgan fingerprint density at radius 1 is 1.53 bits per heavy atom. The van der Waals surface area contributed by atoms with Gasteiger partial charge in [-0.05, 0) is 18.1 Å². The Labute approximate surface area is 97.6 Å². The van der Waals surface area contributed by atoms with Gasteiger partial charge in [0.15, 0.2) is 0 Å². The van der Waals surface area contributed by atoms with E-state index in [1.54, 1.807) is 6.20 Å². The van der Waals surface area contributed by atoms with Gasteiger partial charge in [0.25, 0.3) is 0 Å². The van der Waals surface area contributed by atoms with Gasteiger partial charge < -0.3 is 4.90 Å². The molecular weight excluding hydrogens is 256 g/mol. The second-order valence-corrected chi connectivity index (χ2v) is 4.47. The van der Waals surface area contributed by atoms with Crippen molar-refractivity contribution >= 4 is 21.8 Å². The normalized spacial score (nSPS) is 21.0. The van der Waals surface area contributed by atoms with Gasteiger partial charge in [0.05, 0.1) is 12.2 Å². The van der Waals surface area contributed by atoms with Crippen LogP contribution in [0.15, 0.2) is 24.4 Å². The molecule has 1 atom stereocenters. The van der Waals surface area contributed by atoms with Gasteiger partial charge in [-0.1, -0.05) is 22.0 Å². The molecule has 1 aliphatic heterocycles. The molecule has 0 radical (unpaired) electrons. The van der Waals surface area contributed by atoms with Gasteiger partial charge in [0.1, 0.15) is 0 Å². The minimum absolute atomic E-state index is 0.241. The molecule has 2 rings (SSSR count). The lowest BCUT2D eigenvalue weighted by Gasteiger charge is -2.15. The summed E-state index contributed by atoms with van der Waals surface area (Å²) in [7, 11) is 0. The largest absolute Gasteiger partial charge is 0.336 e. The number of alkyl halides is 1. The van der Waals surface area contributed by atoms with Crippen molar-refractivity contribution in [2.75, 3.05) is 11.9 Å². The minimum Gasteiger partial charge on any atom is -0.336 e. The number of hydrogen-bond donors (Lipinski definition) is 0. The number of nitrogens with zero attached hydrogens (tertiary/aromatic N) is 2. The molecule has 0 aliphatic carbocycles. The zero-order valence-electron chi connectivity index (χ0n) is 8.40. The van der Waals surface area contributed by atoms with Gasteiger partial charge in [0, 0.05) is 24.5 Å². The van der Waals surface area contributed by atoms with E-state index in [4.69, 9.17) is 0 Å². The number of rotatable bonds is 3. The van der Waals surface area contributed by atoms with Crippen molar-refractivity contribution in [2.45, 2.75) is 13.0 Å². The summed E-state index contributed by atoms with van der Waals surface area (Å²) in [6.07, 6.45) is 2.43. The molecule has 1 unspecified atom stereocenters. The summed E-state index contributed by atoms with van der Waals surface area (Å²) in [5.74, 6) is 0.700. The summed E-state index contributed by atoms with van der Waals surface area (Å²) in [4.78, 5) is 17.7. The SMILES string of the molecule is O=C1CC(CBr)CN1Cc1ccccn1. The summed E-state index contributed by atoms with van der Waals surface area (Å²) < 4.78 is 0. The highest BCUT2D eigenvalue weighted by Gasteiger charge is 2.28. The average molecular weight is 269 g/mol. The predicted octanol–water partition coefficient (Wildman–Crippen LogP) is 1.82. The third-order valence-corrected chi connectivity index (χ3v) is 3.51. The zero-order valence-corrected chi connectivity index (χ0v) is 9.98. The maximum absolute atomic E-state index is 11.6. The Morgan fingerprint density at radius 3 is 3.00 bits per heavy atom. The maximum atomic E-state index is 11.6. The molecule has 1 aromatic heterocycles. The average Bonchev–Trinajstić information content (AvgIpc) is 2.61. The molecule has 3 nitrogen and oxygen atoms in total. The van der Waals surface area contributed by atoms with Crippen molar-refractivity contribution in [1.82, 2.24) is 9.88 Å². The molecule has 4 heteroatoms. The van der Waals surface area contributed by atoms with E-state index in [-0.39, 0.29) is 5.91 Å². The maximum Gasteiger partial charge on any atom is 0.223 e. The van der Waals surface area contributed by atoms with Crippen molar-refractivity contribution in [1.29, 1.82) is 0 Å². The van der Waals surface area contributed by atoms with Crippen LogP contribution in [-0.4, -0.2) is 27.7 Å². The van der Waals surface area contributed by atoms with E-state index in [0.29, 0.717) is 18.9 Å². The Balaban J connectivity index is 1.99. The van der Waals surface area contributed by atoms with Crippen molar-refractivity contribution < 1.29 is 4.79 Å². The second-order valence-electron chi connectivity index (χ2n) is 3.82. The first-order chi connectivity index (χ1) is 7.29. The third kappa shape index (κ3) is 2.56. The van der Waals surface area contributed by atoms with Gasteiger partial charge in [-0.15, -0.1) is 0 Å². The van der Waals surface area contributed by atoms with Gasteiger partial charge in [0.2, 0.25) is 5.91 Å². The quantitative estimate of drug-likeness (QED) is 0.784. The molecular formula is C11H13BrN2O. The van der Waals surface area contributed by atoms with Crippen LogP contribution in [0.25, 0.3) is 0 Å². The molecule has 2 heterocycles. The van der Waals surface area contributed by atoms with Crippen LogP contribution in [-0.2, 0) is 11.3 Å². The van der Waals surface area contributed by atoms with Crippen molar-refractivity contribution in [3.05, 3.63) is 30.1 Å². The molecule has 1 amide bonds. The highest BCUT2D eigenvalue weighted by atomic mass is 79.9. The number of amides is 1. The smallest absolute Gasteiger partial charge is 0.223 e. The molecule has 15 heavy (non-hydrogen) atoms. The topological polar surface area (TPSA) is 33.2 Å². The molecule has 1 fully saturated rings. The summed E-state index contributed by atoms with van der Waals surface area (Å²) in [5.41, 5.74) is 0.959. The Morgan fingerprint density at radius 2 is 2.40 bits per heavy atom.